The fraction of sp³-hybridized carbons (Fsp3) is 0.381. The zero-order valence-electron chi connectivity index (χ0n) is 16.6. The van der Waals surface area contributed by atoms with Crippen LogP contribution in [0.4, 0.5) is 8.78 Å². The summed E-state index contributed by atoms with van der Waals surface area (Å²) in [6.45, 7) is 0.209. The van der Waals surface area contributed by atoms with Gasteiger partial charge in [0.25, 0.3) is 0 Å². The lowest BCUT2D eigenvalue weighted by Gasteiger charge is -2.18. The number of aliphatic imine (C=N–C) groups is 1. The smallest absolute Gasteiger partial charge is 0.387 e. The van der Waals surface area contributed by atoms with Gasteiger partial charge in [-0.25, -0.2) is 4.99 Å². The van der Waals surface area contributed by atoms with Crippen molar-refractivity contribution in [2.45, 2.75) is 26.0 Å². The predicted molar refractivity (Wildman–Crippen MR) is 109 cm³/mol. The van der Waals surface area contributed by atoms with Crippen LogP contribution in [0.3, 0.4) is 0 Å². The highest BCUT2D eigenvalue weighted by atomic mass is 19.3. The molecular weight excluding hydrogens is 380 g/mol. The largest absolute Gasteiger partial charge is 0.497 e. The molecule has 29 heavy (non-hydrogen) atoms. The van der Waals surface area contributed by atoms with Gasteiger partial charge in [0.2, 0.25) is 0 Å². The van der Waals surface area contributed by atoms with Crippen molar-refractivity contribution in [2.24, 2.45) is 4.99 Å². The van der Waals surface area contributed by atoms with Crippen LogP contribution in [0, 0.1) is 0 Å². The molecule has 0 heterocycles. The summed E-state index contributed by atoms with van der Waals surface area (Å²) >= 11 is 0. The normalized spacial score (nSPS) is 12.6. The number of hydrogen-bond acceptors (Lipinski definition) is 4. The van der Waals surface area contributed by atoms with Gasteiger partial charge in [-0.1, -0.05) is 30.3 Å². The Bertz CT molecular complexity index is 773. The van der Waals surface area contributed by atoms with Crippen LogP contribution in [0.1, 0.15) is 24.0 Å². The second kappa shape index (κ2) is 11.9. The van der Waals surface area contributed by atoms with E-state index in [0.717, 1.165) is 5.56 Å². The molecule has 0 radical (unpaired) electrons. The van der Waals surface area contributed by atoms with Crippen molar-refractivity contribution in [1.29, 1.82) is 0 Å². The van der Waals surface area contributed by atoms with Crippen molar-refractivity contribution >= 4 is 5.96 Å². The number of hydrogen-bond donors (Lipinski definition) is 3. The molecule has 1 unspecified atom stereocenters. The minimum absolute atomic E-state index is 0.0126. The number of benzene rings is 2. The van der Waals surface area contributed by atoms with Gasteiger partial charge in [-0.05, 0) is 24.6 Å². The Hall–Kier alpha value is -2.87. The number of nitrogens with zero attached hydrogens (tertiary/aromatic N) is 1. The SMILES string of the molecule is CCNC(=NCc1ccc(OC)cc1OC(F)F)NCC(CO)c1ccccc1. The zero-order chi connectivity index (χ0) is 21.1. The van der Waals surface area contributed by atoms with E-state index in [0.29, 0.717) is 30.4 Å². The monoisotopic (exact) mass is 407 g/mol. The molecule has 1 atom stereocenters. The summed E-state index contributed by atoms with van der Waals surface area (Å²) in [4.78, 5) is 4.45. The lowest BCUT2D eigenvalue weighted by atomic mass is 10.0. The lowest BCUT2D eigenvalue weighted by Crippen LogP contribution is -2.39. The van der Waals surface area contributed by atoms with Crippen molar-refractivity contribution in [3.8, 4) is 11.5 Å². The van der Waals surface area contributed by atoms with Crippen LogP contribution in [-0.4, -0.2) is 44.5 Å². The number of halogens is 2. The second-order valence-electron chi connectivity index (χ2n) is 6.22. The Morgan fingerprint density at radius 2 is 1.90 bits per heavy atom. The van der Waals surface area contributed by atoms with Crippen molar-refractivity contribution in [1.82, 2.24) is 10.6 Å². The number of aliphatic hydroxyl groups excluding tert-OH is 1. The van der Waals surface area contributed by atoms with Crippen LogP contribution in [0.2, 0.25) is 0 Å². The van der Waals surface area contributed by atoms with E-state index in [1.807, 2.05) is 37.3 Å². The summed E-state index contributed by atoms with van der Waals surface area (Å²) < 4.78 is 35.1. The van der Waals surface area contributed by atoms with Gasteiger partial charge in [0.1, 0.15) is 11.5 Å². The van der Waals surface area contributed by atoms with Crippen molar-refractivity contribution in [3.05, 3.63) is 59.7 Å². The fourth-order valence-electron chi connectivity index (χ4n) is 2.74. The average molecular weight is 407 g/mol. The number of ether oxygens (including phenoxy) is 2. The Kier molecular flexibility index (Phi) is 9.17. The molecule has 0 amide bonds. The van der Waals surface area contributed by atoms with Crippen molar-refractivity contribution in [2.75, 3.05) is 26.8 Å². The zero-order valence-corrected chi connectivity index (χ0v) is 16.6. The quantitative estimate of drug-likeness (QED) is 0.417. The van der Waals surface area contributed by atoms with E-state index in [1.54, 1.807) is 12.1 Å². The van der Waals surface area contributed by atoms with E-state index < -0.39 is 6.61 Å². The first-order valence-electron chi connectivity index (χ1n) is 9.37. The van der Waals surface area contributed by atoms with E-state index in [9.17, 15) is 13.9 Å². The summed E-state index contributed by atoms with van der Waals surface area (Å²) in [5, 5.41) is 16.0. The summed E-state index contributed by atoms with van der Waals surface area (Å²) in [5.74, 6) is 0.864. The Balaban J connectivity index is 2.10. The van der Waals surface area contributed by atoms with Gasteiger partial charge in [-0.2, -0.15) is 8.78 Å². The standard InChI is InChI=1S/C21H27F2N3O3/c1-3-24-21(26-13-17(14-27)15-7-5-4-6-8-15)25-12-16-9-10-18(28-2)11-19(16)29-20(22)23/h4-11,17,20,27H,3,12-14H2,1-2H3,(H2,24,25,26). The number of nitrogens with one attached hydrogen (secondary N) is 2. The van der Waals surface area contributed by atoms with Crippen LogP contribution in [0.15, 0.2) is 53.5 Å². The third-order valence-corrected chi connectivity index (χ3v) is 4.25. The molecule has 0 aliphatic rings. The van der Waals surface area contributed by atoms with Gasteiger partial charge in [-0.3, -0.25) is 0 Å². The molecule has 0 aliphatic carbocycles. The molecule has 2 aromatic rings. The average Bonchev–Trinajstić information content (AvgIpc) is 2.73. The van der Waals surface area contributed by atoms with E-state index in [1.165, 1.54) is 13.2 Å². The molecule has 0 saturated carbocycles. The maximum absolute atomic E-state index is 12.7. The predicted octanol–water partition coefficient (Wildman–Crippen LogP) is 3.13. The van der Waals surface area contributed by atoms with Gasteiger partial charge < -0.3 is 25.2 Å². The molecule has 3 N–H and O–H groups in total. The Morgan fingerprint density at radius 3 is 2.52 bits per heavy atom. The molecule has 6 nitrogen and oxygen atoms in total. The van der Waals surface area contributed by atoms with Gasteiger partial charge >= 0.3 is 6.61 Å². The molecule has 0 aromatic heterocycles. The van der Waals surface area contributed by atoms with E-state index in [2.05, 4.69) is 20.4 Å². The first-order valence-corrected chi connectivity index (χ1v) is 9.37. The molecule has 0 aliphatic heterocycles. The molecule has 0 spiro atoms. The molecule has 158 valence electrons. The van der Waals surface area contributed by atoms with Crippen LogP contribution in [0.5, 0.6) is 11.5 Å². The highest BCUT2D eigenvalue weighted by molar-refractivity contribution is 5.79. The maximum atomic E-state index is 12.7. The van der Waals surface area contributed by atoms with Crippen molar-refractivity contribution in [3.63, 3.8) is 0 Å². The van der Waals surface area contributed by atoms with E-state index in [-0.39, 0.29) is 24.8 Å². The Labute approximate surface area is 169 Å². The molecule has 0 bridgehead atoms. The minimum Gasteiger partial charge on any atom is -0.497 e. The topological polar surface area (TPSA) is 75.1 Å². The summed E-state index contributed by atoms with van der Waals surface area (Å²) in [6.07, 6.45) is 0. The molecule has 2 aromatic carbocycles. The van der Waals surface area contributed by atoms with Gasteiger partial charge in [0, 0.05) is 30.6 Å². The molecule has 2 rings (SSSR count). The van der Waals surface area contributed by atoms with Gasteiger partial charge in [-0.15, -0.1) is 0 Å². The summed E-state index contributed by atoms with van der Waals surface area (Å²) in [5.41, 5.74) is 1.52. The van der Waals surface area contributed by atoms with E-state index >= 15 is 0 Å². The van der Waals surface area contributed by atoms with Crippen LogP contribution in [0.25, 0.3) is 0 Å². The van der Waals surface area contributed by atoms with E-state index in [4.69, 9.17) is 4.74 Å². The first kappa shape index (κ1) is 22.4. The number of alkyl halides is 2. The minimum atomic E-state index is -2.94. The maximum Gasteiger partial charge on any atom is 0.387 e. The number of guanidine groups is 1. The Morgan fingerprint density at radius 1 is 1.14 bits per heavy atom. The van der Waals surface area contributed by atoms with Crippen LogP contribution in [-0.2, 0) is 6.54 Å². The highest BCUT2D eigenvalue weighted by Crippen LogP contribution is 2.27. The first-order chi connectivity index (χ1) is 14.1. The number of aliphatic hydroxyl groups is 1. The number of rotatable bonds is 10. The molecule has 0 saturated heterocycles. The second-order valence-corrected chi connectivity index (χ2v) is 6.22. The fourth-order valence-corrected chi connectivity index (χ4v) is 2.74. The van der Waals surface area contributed by atoms with Gasteiger partial charge in [0.05, 0.1) is 20.3 Å². The van der Waals surface area contributed by atoms with Gasteiger partial charge in [0.15, 0.2) is 5.96 Å². The molecular formula is C21H27F2N3O3. The molecule has 8 heteroatoms. The lowest BCUT2D eigenvalue weighted by molar-refractivity contribution is -0.0505. The third kappa shape index (κ3) is 7.23. The third-order valence-electron chi connectivity index (χ3n) is 4.25. The summed E-state index contributed by atoms with van der Waals surface area (Å²) in [6, 6.07) is 14.4. The highest BCUT2D eigenvalue weighted by Gasteiger charge is 2.13. The van der Waals surface area contributed by atoms with Crippen molar-refractivity contribution < 1.29 is 23.4 Å². The summed E-state index contributed by atoms with van der Waals surface area (Å²) in [7, 11) is 1.46. The molecule has 0 fully saturated rings. The van der Waals surface area contributed by atoms with Crippen LogP contribution < -0.4 is 20.1 Å². The van der Waals surface area contributed by atoms with Crippen LogP contribution >= 0.6 is 0 Å². The number of methoxy groups -OCH3 is 1.